The highest BCUT2D eigenvalue weighted by Crippen LogP contribution is 2.19. The Morgan fingerprint density at radius 1 is 1.22 bits per heavy atom. The minimum atomic E-state index is -0.122. The number of nitrogens with two attached hydrogens (primary N) is 1. The van der Waals surface area contributed by atoms with Crippen LogP contribution in [0.5, 0.6) is 0 Å². The van der Waals surface area contributed by atoms with E-state index in [0.717, 1.165) is 29.8 Å². The number of anilines is 2. The first-order chi connectivity index (χ1) is 13.0. The van der Waals surface area contributed by atoms with Crippen LogP contribution in [0.1, 0.15) is 43.2 Å². The van der Waals surface area contributed by atoms with Gasteiger partial charge in [0.2, 0.25) is 11.1 Å². The first-order valence-corrected chi connectivity index (χ1v) is 10.0. The maximum absolute atomic E-state index is 12.2. The van der Waals surface area contributed by atoms with Crippen molar-refractivity contribution in [2.75, 3.05) is 22.3 Å². The van der Waals surface area contributed by atoms with Crippen molar-refractivity contribution >= 4 is 35.0 Å². The molecule has 0 unspecified atom stereocenters. The molecule has 3 rings (SSSR count). The average molecular weight is 388 g/mol. The molecule has 1 saturated carbocycles. The Bertz CT molecular complexity index is 838. The first-order valence-electron chi connectivity index (χ1n) is 9.05. The molecule has 8 nitrogen and oxygen atoms in total. The van der Waals surface area contributed by atoms with Crippen LogP contribution in [0.25, 0.3) is 0 Å². The van der Waals surface area contributed by atoms with Crippen LogP contribution in [0.4, 0.5) is 11.6 Å². The van der Waals surface area contributed by atoms with Crippen LogP contribution in [0.15, 0.2) is 28.5 Å². The van der Waals surface area contributed by atoms with Crippen molar-refractivity contribution in [3.05, 3.63) is 29.3 Å². The lowest BCUT2D eigenvalue weighted by atomic mass is 9.99. The molecule has 1 amide bonds. The van der Waals surface area contributed by atoms with Gasteiger partial charge in [-0.25, -0.2) is 10.1 Å². The molecule has 1 heterocycles. The van der Waals surface area contributed by atoms with Gasteiger partial charge in [0, 0.05) is 11.4 Å². The summed E-state index contributed by atoms with van der Waals surface area (Å²) >= 11 is 1.23. The number of carbonyl (C=O) groups is 1. The van der Waals surface area contributed by atoms with Gasteiger partial charge < -0.3 is 11.2 Å². The summed E-state index contributed by atoms with van der Waals surface area (Å²) in [5.41, 5.74) is 7.12. The van der Waals surface area contributed by atoms with Crippen molar-refractivity contribution in [3.63, 3.8) is 0 Å². The highest BCUT2D eigenvalue weighted by Gasteiger charge is 2.13. The Morgan fingerprint density at radius 2 is 2.00 bits per heavy atom. The lowest BCUT2D eigenvalue weighted by Gasteiger charge is -2.12. The maximum Gasteiger partial charge on any atom is 0.264 e. The van der Waals surface area contributed by atoms with Crippen molar-refractivity contribution in [1.82, 2.24) is 14.9 Å². The van der Waals surface area contributed by atoms with E-state index in [1.54, 1.807) is 0 Å². The van der Waals surface area contributed by atoms with Gasteiger partial charge in [-0.3, -0.25) is 4.79 Å². The maximum atomic E-state index is 12.2. The van der Waals surface area contributed by atoms with E-state index in [0.29, 0.717) is 11.1 Å². The minimum Gasteiger partial charge on any atom is -0.334 e. The molecule has 144 valence electrons. The van der Waals surface area contributed by atoms with Gasteiger partial charge in [-0.2, -0.15) is 5.10 Å². The molecule has 1 aliphatic carbocycles. The summed E-state index contributed by atoms with van der Waals surface area (Å²) in [5.74, 6) is 6.44. The standard InChI is InChI=1S/C18H25N7OS/c1-12-8-9-15(10-13(12)2)20-16(26)11-27-18-24-23-17(25(18)19)22-21-14-6-4-3-5-7-14/h8-10H,3-7,11,19H2,1-2H3,(H,20,26)(H,22,23). The number of hydrogen-bond acceptors (Lipinski definition) is 7. The Balaban J connectivity index is 1.52. The fraction of sp³-hybridized carbons (Fsp3) is 0.444. The topological polar surface area (TPSA) is 110 Å². The summed E-state index contributed by atoms with van der Waals surface area (Å²) in [4.78, 5) is 12.2. The van der Waals surface area contributed by atoms with E-state index >= 15 is 0 Å². The number of rotatable bonds is 6. The molecule has 4 N–H and O–H groups in total. The Morgan fingerprint density at radius 3 is 2.74 bits per heavy atom. The predicted octanol–water partition coefficient (Wildman–Crippen LogP) is 3.07. The summed E-state index contributed by atoms with van der Waals surface area (Å²) < 4.78 is 1.32. The summed E-state index contributed by atoms with van der Waals surface area (Å²) in [6.45, 7) is 4.05. The summed E-state index contributed by atoms with van der Waals surface area (Å²) in [5, 5.41) is 15.7. The number of aryl methyl sites for hydroxylation is 2. The van der Waals surface area contributed by atoms with Crippen molar-refractivity contribution in [3.8, 4) is 0 Å². The number of benzene rings is 1. The number of hydrazone groups is 1. The number of nitrogen functional groups attached to an aromatic ring is 1. The number of thioether (sulfide) groups is 1. The molecule has 0 bridgehead atoms. The van der Waals surface area contributed by atoms with Crippen LogP contribution >= 0.6 is 11.8 Å². The third-order valence-electron chi connectivity index (χ3n) is 4.53. The van der Waals surface area contributed by atoms with E-state index in [1.807, 2.05) is 32.0 Å². The SMILES string of the molecule is Cc1ccc(NC(=O)CSc2nnc(NN=C3CCCCC3)n2N)cc1C. The van der Waals surface area contributed by atoms with Gasteiger partial charge in [-0.1, -0.05) is 24.2 Å². The number of aromatic nitrogens is 3. The zero-order valence-electron chi connectivity index (χ0n) is 15.7. The van der Waals surface area contributed by atoms with Crippen LogP contribution in [-0.2, 0) is 4.79 Å². The number of hydrogen-bond donors (Lipinski definition) is 3. The van der Waals surface area contributed by atoms with Crippen LogP contribution < -0.4 is 16.6 Å². The zero-order chi connectivity index (χ0) is 19.2. The van der Waals surface area contributed by atoms with Gasteiger partial charge >= 0.3 is 0 Å². The van der Waals surface area contributed by atoms with Crippen molar-refractivity contribution < 1.29 is 4.79 Å². The molecular formula is C18H25N7OS. The fourth-order valence-electron chi connectivity index (χ4n) is 2.80. The molecule has 2 aromatic rings. The van der Waals surface area contributed by atoms with Crippen LogP contribution in [-0.4, -0.2) is 32.2 Å². The second kappa shape index (κ2) is 8.90. The molecule has 1 aliphatic rings. The molecule has 1 aromatic carbocycles. The lowest BCUT2D eigenvalue weighted by molar-refractivity contribution is -0.113. The third kappa shape index (κ3) is 5.22. The molecule has 0 saturated heterocycles. The van der Waals surface area contributed by atoms with Gasteiger partial charge in [0.15, 0.2) is 0 Å². The highest BCUT2D eigenvalue weighted by molar-refractivity contribution is 7.99. The number of carbonyl (C=O) groups excluding carboxylic acids is 1. The van der Waals surface area contributed by atoms with Gasteiger partial charge in [-0.15, -0.1) is 10.2 Å². The molecule has 27 heavy (non-hydrogen) atoms. The Labute approximate surface area is 163 Å². The van der Waals surface area contributed by atoms with E-state index in [4.69, 9.17) is 5.84 Å². The van der Waals surface area contributed by atoms with Crippen molar-refractivity contribution in [2.45, 2.75) is 51.1 Å². The molecule has 0 spiro atoms. The van der Waals surface area contributed by atoms with Crippen LogP contribution in [0, 0.1) is 13.8 Å². The summed E-state index contributed by atoms with van der Waals surface area (Å²) in [6, 6.07) is 5.83. The smallest absolute Gasteiger partial charge is 0.264 e. The molecule has 0 aliphatic heterocycles. The minimum absolute atomic E-state index is 0.122. The van der Waals surface area contributed by atoms with E-state index in [2.05, 4.69) is 26.0 Å². The second-order valence-corrected chi connectivity index (χ2v) is 7.61. The average Bonchev–Trinajstić information content (AvgIpc) is 3.02. The van der Waals surface area contributed by atoms with Crippen molar-refractivity contribution in [2.24, 2.45) is 5.10 Å². The van der Waals surface area contributed by atoms with E-state index in [9.17, 15) is 4.79 Å². The lowest BCUT2D eigenvalue weighted by Crippen LogP contribution is -2.17. The van der Waals surface area contributed by atoms with Crippen LogP contribution in [0.2, 0.25) is 0 Å². The number of nitrogens with zero attached hydrogens (tertiary/aromatic N) is 4. The zero-order valence-corrected chi connectivity index (χ0v) is 16.5. The molecule has 1 fully saturated rings. The van der Waals surface area contributed by atoms with E-state index in [1.165, 1.54) is 41.3 Å². The van der Waals surface area contributed by atoms with E-state index < -0.39 is 0 Å². The fourth-order valence-corrected chi connectivity index (χ4v) is 3.46. The van der Waals surface area contributed by atoms with Crippen LogP contribution in [0.3, 0.4) is 0 Å². The van der Waals surface area contributed by atoms with Gasteiger partial charge in [0.1, 0.15) is 0 Å². The summed E-state index contributed by atoms with van der Waals surface area (Å²) in [7, 11) is 0. The predicted molar refractivity (Wildman–Crippen MR) is 110 cm³/mol. The van der Waals surface area contributed by atoms with Gasteiger partial charge in [-0.05, 0) is 62.8 Å². The Kier molecular flexibility index (Phi) is 6.33. The van der Waals surface area contributed by atoms with Gasteiger partial charge in [0.25, 0.3) is 5.95 Å². The first kappa shape index (κ1) is 19.2. The second-order valence-electron chi connectivity index (χ2n) is 6.66. The largest absolute Gasteiger partial charge is 0.334 e. The Hall–Kier alpha value is -2.55. The normalized spacial score (nSPS) is 14.1. The highest BCUT2D eigenvalue weighted by atomic mass is 32.2. The summed E-state index contributed by atoms with van der Waals surface area (Å²) in [6.07, 6.45) is 5.62. The molecular weight excluding hydrogens is 362 g/mol. The molecule has 0 atom stereocenters. The van der Waals surface area contributed by atoms with Crippen molar-refractivity contribution in [1.29, 1.82) is 0 Å². The number of amides is 1. The quantitative estimate of drug-likeness (QED) is 0.399. The molecule has 1 aromatic heterocycles. The monoisotopic (exact) mass is 387 g/mol. The van der Waals surface area contributed by atoms with E-state index in [-0.39, 0.29) is 11.7 Å². The van der Waals surface area contributed by atoms with Gasteiger partial charge in [0.05, 0.1) is 5.75 Å². The third-order valence-corrected chi connectivity index (χ3v) is 5.48. The molecule has 0 radical (unpaired) electrons. The number of nitrogens with one attached hydrogen (secondary N) is 2. The molecule has 9 heteroatoms.